The third-order valence-electron chi connectivity index (χ3n) is 3.11. The van der Waals surface area contributed by atoms with E-state index in [-0.39, 0.29) is 6.42 Å². The molecule has 2 rings (SSSR count). The van der Waals surface area contributed by atoms with E-state index in [1.54, 1.807) is 11.3 Å². The van der Waals surface area contributed by atoms with E-state index in [2.05, 4.69) is 10.1 Å². The minimum Gasteiger partial charge on any atom is -0.481 e. The number of thiazole rings is 1. The van der Waals surface area contributed by atoms with Gasteiger partial charge in [-0.25, -0.2) is 4.98 Å². The average Bonchev–Trinajstić information content (AvgIpc) is 2.86. The highest BCUT2D eigenvalue weighted by molar-refractivity contribution is 7.11. The maximum absolute atomic E-state index is 11.0. The Morgan fingerprint density at radius 3 is 2.62 bits per heavy atom. The first-order valence-electron chi connectivity index (χ1n) is 6.62. The van der Waals surface area contributed by atoms with E-state index in [1.807, 2.05) is 32.8 Å². The van der Waals surface area contributed by atoms with E-state index < -0.39 is 5.97 Å². The summed E-state index contributed by atoms with van der Waals surface area (Å²) in [6.07, 6.45) is 0.590. The summed E-state index contributed by atoms with van der Waals surface area (Å²) in [5, 5.41) is 13.8. The first kappa shape index (κ1) is 15.7. The highest BCUT2D eigenvalue weighted by atomic mass is 32.1. The Bertz CT molecular complexity index is 626. The van der Waals surface area contributed by atoms with Gasteiger partial charge in [-0.2, -0.15) is 0 Å². The van der Waals surface area contributed by atoms with Crippen LogP contribution in [0.4, 0.5) is 0 Å². The lowest BCUT2D eigenvalue weighted by Crippen LogP contribution is -2.12. The first-order chi connectivity index (χ1) is 9.86. The van der Waals surface area contributed by atoms with Crippen LogP contribution in [0.25, 0.3) is 0 Å². The molecule has 1 N–H and O–H groups in total. The maximum Gasteiger partial charge on any atom is 0.309 e. The van der Waals surface area contributed by atoms with Crippen molar-refractivity contribution in [2.45, 2.75) is 33.2 Å². The van der Waals surface area contributed by atoms with Crippen molar-refractivity contribution < 1.29 is 14.4 Å². The van der Waals surface area contributed by atoms with Gasteiger partial charge in [-0.15, -0.1) is 11.3 Å². The van der Waals surface area contributed by atoms with Gasteiger partial charge in [0.15, 0.2) is 0 Å². The Morgan fingerprint density at radius 1 is 1.38 bits per heavy atom. The Balaban J connectivity index is 2.28. The number of hydrogen-bond donors (Lipinski definition) is 1. The molecule has 0 spiro atoms. The molecule has 0 aliphatic carbocycles. The van der Waals surface area contributed by atoms with Crippen LogP contribution >= 0.6 is 11.3 Å². The number of hydrogen-bond acceptors (Lipinski definition) is 6. The van der Waals surface area contributed by atoms with Crippen LogP contribution in [0.3, 0.4) is 0 Å². The number of aliphatic carboxylic acids is 1. The standard InChI is InChI=1S/C14H19N3O3S/c1-8-10(9(2)20-16-8)5-13-15-11(6-14(18)19)12(21-13)7-17(3)4/h5-7H2,1-4H3,(H,18,19). The number of carboxylic acid groups (broad SMARTS) is 1. The lowest BCUT2D eigenvalue weighted by atomic mass is 10.1. The van der Waals surface area contributed by atoms with Gasteiger partial charge in [-0.05, 0) is 27.9 Å². The summed E-state index contributed by atoms with van der Waals surface area (Å²) in [5.74, 6) is -0.0687. The molecule has 2 heterocycles. The molecule has 7 heteroatoms. The SMILES string of the molecule is Cc1noc(C)c1Cc1nc(CC(=O)O)c(CN(C)C)s1. The Kier molecular flexibility index (Phi) is 4.74. The summed E-state index contributed by atoms with van der Waals surface area (Å²) in [6, 6.07) is 0. The molecule has 0 aromatic carbocycles. The molecule has 0 unspecified atom stereocenters. The van der Waals surface area contributed by atoms with E-state index in [1.165, 1.54) is 0 Å². The lowest BCUT2D eigenvalue weighted by molar-refractivity contribution is -0.136. The fraction of sp³-hybridized carbons (Fsp3) is 0.500. The van der Waals surface area contributed by atoms with E-state index in [0.717, 1.165) is 26.9 Å². The molecule has 2 aromatic rings. The van der Waals surface area contributed by atoms with Gasteiger partial charge in [0.05, 0.1) is 22.8 Å². The minimum atomic E-state index is -0.857. The molecule has 114 valence electrons. The number of aryl methyl sites for hydroxylation is 2. The van der Waals surface area contributed by atoms with Crippen LogP contribution in [0, 0.1) is 13.8 Å². The number of carbonyl (C=O) groups is 1. The number of aromatic nitrogens is 2. The van der Waals surface area contributed by atoms with Gasteiger partial charge in [0.25, 0.3) is 0 Å². The molecule has 21 heavy (non-hydrogen) atoms. The van der Waals surface area contributed by atoms with E-state index in [4.69, 9.17) is 9.63 Å². The van der Waals surface area contributed by atoms with Crippen LogP contribution in [0.2, 0.25) is 0 Å². The number of rotatable bonds is 6. The molecule has 2 aromatic heterocycles. The zero-order chi connectivity index (χ0) is 15.6. The second-order valence-electron chi connectivity index (χ2n) is 5.27. The molecule has 0 bridgehead atoms. The molecular weight excluding hydrogens is 290 g/mol. The summed E-state index contributed by atoms with van der Waals surface area (Å²) in [6.45, 7) is 4.47. The summed E-state index contributed by atoms with van der Waals surface area (Å²) in [7, 11) is 3.91. The molecule has 0 atom stereocenters. The lowest BCUT2D eigenvalue weighted by Gasteiger charge is -2.07. The summed E-state index contributed by atoms with van der Waals surface area (Å²) >= 11 is 1.56. The molecule has 0 fully saturated rings. The average molecular weight is 309 g/mol. The minimum absolute atomic E-state index is 0.0404. The van der Waals surface area contributed by atoms with Crippen LogP contribution in [0.15, 0.2) is 4.52 Å². The van der Waals surface area contributed by atoms with Crippen molar-refractivity contribution in [1.29, 1.82) is 0 Å². The smallest absolute Gasteiger partial charge is 0.309 e. The summed E-state index contributed by atoms with van der Waals surface area (Å²) in [5.41, 5.74) is 2.54. The quantitative estimate of drug-likeness (QED) is 0.879. The van der Waals surface area contributed by atoms with Gasteiger partial charge in [0.1, 0.15) is 5.76 Å². The highest BCUT2D eigenvalue weighted by Crippen LogP contribution is 2.25. The molecule has 0 radical (unpaired) electrons. The van der Waals surface area contributed by atoms with Crippen LogP contribution in [0.5, 0.6) is 0 Å². The van der Waals surface area contributed by atoms with Gasteiger partial charge in [0.2, 0.25) is 0 Å². The topological polar surface area (TPSA) is 79.5 Å². The molecule has 0 aliphatic heterocycles. The maximum atomic E-state index is 11.0. The van der Waals surface area contributed by atoms with Crippen molar-refractivity contribution in [3.63, 3.8) is 0 Å². The fourth-order valence-electron chi connectivity index (χ4n) is 2.11. The van der Waals surface area contributed by atoms with Gasteiger partial charge in [0, 0.05) is 23.4 Å². The monoisotopic (exact) mass is 309 g/mol. The van der Waals surface area contributed by atoms with Crippen molar-refractivity contribution in [2.75, 3.05) is 14.1 Å². The van der Waals surface area contributed by atoms with Crippen molar-refractivity contribution >= 4 is 17.3 Å². The normalized spacial score (nSPS) is 11.3. The van der Waals surface area contributed by atoms with E-state index >= 15 is 0 Å². The number of nitrogens with zero attached hydrogens (tertiary/aromatic N) is 3. The zero-order valence-corrected chi connectivity index (χ0v) is 13.5. The molecule has 0 saturated heterocycles. The predicted octanol–water partition coefficient (Wildman–Crippen LogP) is 2.03. The van der Waals surface area contributed by atoms with E-state index in [9.17, 15) is 4.79 Å². The van der Waals surface area contributed by atoms with Crippen LogP contribution in [0.1, 0.15) is 32.6 Å². The Labute approximate surface area is 127 Å². The third-order valence-corrected chi connectivity index (χ3v) is 4.19. The Morgan fingerprint density at radius 2 is 2.10 bits per heavy atom. The zero-order valence-electron chi connectivity index (χ0n) is 12.6. The van der Waals surface area contributed by atoms with Gasteiger partial charge in [-0.3, -0.25) is 4.79 Å². The predicted molar refractivity (Wildman–Crippen MR) is 79.6 cm³/mol. The fourth-order valence-corrected chi connectivity index (χ4v) is 3.33. The molecule has 0 amide bonds. The number of carboxylic acids is 1. The molecule has 0 aliphatic rings. The Hall–Kier alpha value is -1.73. The molecular formula is C14H19N3O3S. The van der Waals surface area contributed by atoms with Gasteiger partial charge in [-0.1, -0.05) is 5.16 Å². The van der Waals surface area contributed by atoms with Crippen LogP contribution < -0.4 is 0 Å². The van der Waals surface area contributed by atoms with Crippen LogP contribution in [-0.4, -0.2) is 40.2 Å². The third kappa shape index (κ3) is 3.89. The van der Waals surface area contributed by atoms with Crippen molar-refractivity contribution in [2.24, 2.45) is 0 Å². The largest absolute Gasteiger partial charge is 0.481 e. The summed E-state index contributed by atoms with van der Waals surface area (Å²) in [4.78, 5) is 18.5. The second-order valence-corrected chi connectivity index (χ2v) is 6.43. The highest BCUT2D eigenvalue weighted by Gasteiger charge is 2.17. The van der Waals surface area contributed by atoms with Crippen LogP contribution in [-0.2, 0) is 24.2 Å². The molecule has 6 nitrogen and oxygen atoms in total. The molecule has 0 saturated carbocycles. The van der Waals surface area contributed by atoms with Gasteiger partial charge < -0.3 is 14.5 Å². The van der Waals surface area contributed by atoms with Gasteiger partial charge >= 0.3 is 5.97 Å². The second kappa shape index (κ2) is 6.36. The van der Waals surface area contributed by atoms with Crippen molar-refractivity contribution in [3.8, 4) is 0 Å². The summed E-state index contributed by atoms with van der Waals surface area (Å²) < 4.78 is 5.16. The first-order valence-corrected chi connectivity index (χ1v) is 7.44. The van der Waals surface area contributed by atoms with E-state index in [0.29, 0.717) is 18.7 Å². The van der Waals surface area contributed by atoms with Crippen molar-refractivity contribution in [3.05, 3.63) is 32.6 Å². The van der Waals surface area contributed by atoms with Crippen molar-refractivity contribution in [1.82, 2.24) is 15.0 Å².